The molecule has 0 saturated heterocycles. The van der Waals surface area contributed by atoms with Crippen molar-refractivity contribution in [2.45, 2.75) is 0 Å². The molecule has 0 saturated carbocycles. The van der Waals surface area contributed by atoms with Crippen molar-refractivity contribution in [3.05, 3.63) is 60.4 Å². The average molecular weight is 290 g/mol. The van der Waals surface area contributed by atoms with Gasteiger partial charge in [-0.3, -0.25) is 0 Å². The minimum Gasteiger partial charge on any atom is -0.308 e. The molecule has 0 aliphatic carbocycles. The van der Waals surface area contributed by atoms with Gasteiger partial charge in [-0.15, -0.1) is 12.4 Å². The van der Waals surface area contributed by atoms with E-state index in [0.717, 1.165) is 16.5 Å². The molecule has 1 aromatic heterocycles. The molecule has 0 unspecified atom stereocenters. The van der Waals surface area contributed by atoms with E-state index in [2.05, 4.69) is 10.4 Å². The largest absolute Gasteiger partial charge is 0.308 e. The van der Waals surface area contributed by atoms with E-state index < -0.39 is 0 Å². The van der Waals surface area contributed by atoms with E-state index in [9.17, 15) is 4.39 Å². The summed E-state index contributed by atoms with van der Waals surface area (Å²) in [6.45, 7) is 0. The number of hydrogen-bond donors (Lipinski definition) is 2. The van der Waals surface area contributed by atoms with Gasteiger partial charge in [0, 0.05) is 17.0 Å². The van der Waals surface area contributed by atoms with Crippen molar-refractivity contribution in [3.63, 3.8) is 0 Å². The normalized spacial score (nSPS) is 10.1. The maximum atomic E-state index is 13.2. The van der Waals surface area contributed by atoms with Crippen molar-refractivity contribution in [1.29, 1.82) is 0 Å². The van der Waals surface area contributed by atoms with E-state index in [1.54, 1.807) is 6.07 Å². The lowest BCUT2D eigenvalue weighted by atomic mass is 10.0. The van der Waals surface area contributed by atoms with Crippen molar-refractivity contribution in [2.75, 3.05) is 5.43 Å². The van der Waals surface area contributed by atoms with Crippen molar-refractivity contribution < 1.29 is 4.39 Å². The first kappa shape index (κ1) is 14.2. The van der Waals surface area contributed by atoms with Crippen LogP contribution in [-0.2, 0) is 0 Å². The molecule has 102 valence electrons. The van der Waals surface area contributed by atoms with Crippen molar-refractivity contribution >= 4 is 29.1 Å². The molecule has 3 rings (SSSR count). The molecule has 0 amide bonds. The number of nitrogens with one attached hydrogen (secondary N) is 1. The van der Waals surface area contributed by atoms with Gasteiger partial charge in [0.15, 0.2) is 0 Å². The highest BCUT2D eigenvalue weighted by Crippen LogP contribution is 2.29. The number of aromatic nitrogens is 1. The van der Waals surface area contributed by atoms with Gasteiger partial charge >= 0.3 is 0 Å². The van der Waals surface area contributed by atoms with E-state index in [1.165, 1.54) is 12.1 Å². The number of nitrogen functional groups attached to an aromatic ring is 1. The number of pyridine rings is 1. The van der Waals surface area contributed by atoms with Crippen LogP contribution in [0.3, 0.4) is 0 Å². The first-order chi connectivity index (χ1) is 9.28. The summed E-state index contributed by atoms with van der Waals surface area (Å²) >= 11 is 0. The van der Waals surface area contributed by atoms with E-state index in [1.807, 2.05) is 36.4 Å². The van der Waals surface area contributed by atoms with Crippen molar-refractivity contribution in [2.24, 2.45) is 5.84 Å². The van der Waals surface area contributed by atoms with Crippen molar-refractivity contribution in [3.8, 4) is 11.1 Å². The first-order valence-electron chi connectivity index (χ1n) is 5.90. The van der Waals surface area contributed by atoms with Crippen LogP contribution in [0.25, 0.3) is 22.0 Å². The first-order valence-corrected chi connectivity index (χ1v) is 5.90. The van der Waals surface area contributed by atoms with Crippen LogP contribution < -0.4 is 11.3 Å². The molecule has 0 fully saturated rings. The third-order valence-electron chi connectivity index (χ3n) is 3.00. The number of benzene rings is 2. The molecule has 3 N–H and O–H groups in total. The molecule has 3 aromatic rings. The van der Waals surface area contributed by atoms with Crippen LogP contribution in [0.5, 0.6) is 0 Å². The highest BCUT2D eigenvalue weighted by molar-refractivity contribution is 5.89. The molecule has 1 heterocycles. The van der Waals surface area contributed by atoms with Crippen LogP contribution in [0, 0.1) is 5.82 Å². The van der Waals surface area contributed by atoms with E-state index in [-0.39, 0.29) is 18.2 Å². The van der Waals surface area contributed by atoms with Gasteiger partial charge in [-0.1, -0.05) is 30.3 Å². The quantitative estimate of drug-likeness (QED) is 0.558. The van der Waals surface area contributed by atoms with Crippen LogP contribution in [0.15, 0.2) is 54.6 Å². The Labute approximate surface area is 122 Å². The minimum absolute atomic E-state index is 0. The second kappa shape index (κ2) is 5.86. The third kappa shape index (κ3) is 2.57. The molecular formula is C15H13ClFN3. The Hall–Kier alpha value is -2.17. The number of hydrazine groups is 1. The number of nitrogens with two attached hydrogens (primary N) is 1. The number of rotatable bonds is 2. The predicted molar refractivity (Wildman–Crippen MR) is 82.2 cm³/mol. The summed E-state index contributed by atoms with van der Waals surface area (Å²) in [6.07, 6.45) is 0. The molecule has 0 spiro atoms. The Kier molecular flexibility index (Phi) is 4.17. The summed E-state index contributed by atoms with van der Waals surface area (Å²) in [7, 11) is 0. The smallest absolute Gasteiger partial charge is 0.148 e. The number of hydrogen-bond acceptors (Lipinski definition) is 3. The van der Waals surface area contributed by atoms with E-state index >= 15 is 0 Å². The standard InChI is InChI=1S/C15H12FN3.ClH/c16-12-7-6-11-8-13(10-4-2-1-3-5-10)15(19-17)18-14(11)9-12;/h1-9H,17H2,(H,18,19);1H. The summed E-state index contributed by atoms with van der Waals surface area (Å²) < 4.78 is 13.2. The Balaban J connectivity index is 0.00000147. The van der Waals surface area contributed by atoms with Crippen LogP contribution >= 0.6 is 12.4 Å². The summed E-state index contributed by atoms with van der Waals surface area (Å²) in [6, 6.07) is 16.3. The average Bonchev–Trinajstić information content (AvgIpc) is 2.46. The predicted octanol–water partition coefficient (Wildman–Crippen LogP) is 3.75. The van der Waals surface area contributed by atoms with Gasteiger partial charge in [0.25, 0.3) is 0 Å². The second-order valence-corrected chi connectivity index (χ2v) is 4.23. The number of fused-ring (bicyclic) bond motifs is 1. The van der Waals surface area contributed by atoms with Gasteiger partial charge in [-0.2, -0.15) is 0 Å². The fourth-order valence-electron chi connectivity index (χ4n) is 2.09. The molecule has 2 aromatic carbocycles. The Morgan fingerprint density at radius 1 is 1.00 bits per heavy atom. The Bertz CT molecular complexity index is 732. The van der Waals surface area contributed by atoms with Crippen LogP contribution in [0.4, 0.5) is 10.2 Å². The fourth-order valence-corrected chi connectivity index (χ4v) is 2.09. The van der Waals surface area contributed by atoms with Crippen LogP contribution in [0.1, 0.15) is 0 Å². The lowest BCUT2D eigenvalue weighted by molar-refractivity contribution is 0.629. The second-order valence-electron chi connectivity index (χ2n) is 4.23. The zero-order chi connectivity index (χ0) is 13.2. The summed E-state index contributed by atoms with van der Waals surface area (Å²) in [5.41, 5.74) is 5.05. The summed E-state index contributed by atoms with van der Waals surface area (Å²) in [5.74, 6) is 5.73. The molecule has 3 nitrogen and oxygen atoms in total. The lowest BCUT2D eigenvalue weighted by Crippen LogP contribution is -2.10. The van der Waals surface area contributed by atoms with Gasteiger partial charge in [0.2, 0.25) is 0 Å². The maximum Gasteiger partial charge on any atom is 0.148 e. The number of nitrogens with zero attached hydrogens (tertiary/aromatic N) is 1. The molecule has 20 heavy (non-hydrogen) atoms. The zero-order valence-corrected chi connectivity index (χ0v) is 11.3. The van der Waals surface area contributed by atoms with Crippen LogP contribution in [0.2, 0.25) is 0 Å². The lowest BCUT2D eigenvalue weighted by Gasteiger charge is -2.10. The molecular weight excluding hydrogens is 277 g/mol. The summed E-state index contributed by atoms with van der Waals surface area (Å²) in [4.78, 5) is 4.35. The van der Waals surface area contributed by atoms with Gasteiger partial charge in [-0.25, -0.2) is 15.2 Å². The SMILES string of the molecule is Cl.NNc1nc2cc(F)ccc2cc1-c1ccccc1. The van der Waals surface area contributed by atoms with E-state index in [4.69, 9.17) is 5.84 Å². The Morgan fingerprint density at radius 2 is 1.75 bits per heavy atom. The molecule has 0 aliphatic rings. The number of halogens is 2. The fraction of sp³-hybridized carbons (Fsp3) is 0. The molecule has 5 heteroatoms. The zero-order valence-electron chi connectivity index (χ0n) is 10.5. The molecule has 0 aliphatic heterocycles. The minimum atomic E-state index is -0.310. The van der Waals surface area contributed by atoms with Gasteiger partial charge in [0.1, 0.15) is 11.6 Å². The van der Waals surface area contributed by atoms with Crippen LogP contribution in [-0.4, -0.2) is 4.98 Å². The maximum absolute atomic E-state index is 13.2. The van der Waals surface area contributed by atoms with Crippen molar-refractivity contribution in [1.82, 2.24) is 4.98 Å². The topological polar surface area (TPSA) is 50.9 Å². The number of anilines is 1. The van der Waals surface area contributed by atoms with Gasteiger partial charge < -0.3 is 5.43 Å². The van der Waals surface area contributed by atoms with Gasteiger partial charge in [-0.05, 0) is 23.8 Å². The van der Waals surface area contributed by atoms with E-state index in [0.29, 0.717) is 11.3 Å². The summed E-state index contributed by atoms with van der Waals surface area (Å²) in [5, 5.41) is 0.874. The Morgan fingerprint density at radius 3 is 2.45 bits per heavy atom. The van der Waals surface area contributed by atoms with Gasteiger partial charge in [0.05, 0.1) is 5.52 Å². The highest BCUT2D eigenvalue weighted by Gasteiger charge is 2.08. The molecule has 0 radical (unpaired) electrons. The third-order valence-corrected chi connectivity index (χ3v) is 3.00. The molecule has 0 bridgehead atoms. The highest BCUT2D eigenvalue weighted by atomic mass is 35.5. The molecule has 0 atom stereocenters. The monoisotopic (exact) mass is 289 g/mol.